The summed E-state index contributed by atoms with van der Waals surface area (Å²) in [6.07, 6.45) is 5.42. The molecule has 8 nitrogen and oxygen atoms in total. The summed E-state index contributed by atoms with van der Waals surface area (Å²) in [7, 11) is -1.22. The first-order chi connectivity index (χ1) is 14.0. The smallest absolute Gasteiger partial charge is 0.259 e. The Morgan fingerprint density at radius 1 is 0.759 bits per heavy atom. The molecule has 0 aliphatic heterocycles. The lowest BCUT2D eigenvalue weighted by molar-refractivity contribution is -0.00253. The molecule has 0 aliphatic carbocycles. The van der Waals surface area contributed by atoms with E-state index in [1.165, 1.54) is 0 Å². The maximum absolute atomic E-state index is 8.72. The van der Waals surface area contributed by atoms with Crippen LogP contribution in [-0.2, 0) is 28.0 Å². The maximum Gasteiger partial charge on any atom is 0.259 e. The largest absolute Gasteiger partial charge is 0.377 e. The summed E-state index contributed by atoms with van der Waals surface area (Å²) in [5.74, 6) is 2.39. The molecule has 1 unspecified atom stereocenters. The number of hydrogen-bond donors (Lipinski definition) is 0. The molecule has 0 heterocycles. The highest BCUT2D eigenvalue weighted by atomic mass is 31.2. The first-order valence-electron chi connectivity index (χ1n) is 10.00. The molecular formula is C20H37N2O6P. The van der Waals surface area contributed by atoms with Crippen LogP contribution >= 0.6 is 8.53 Å². The number of nitriles is 1. The van der Waals surface area contributed by atoms with Crippen LogP contribution in [0.15, 0.2) is 0 Å². The van der Waals surface area contributed by atoms with Gasteiger partial charge in [0.25, 0.3) is 8.53 Å². The van der Waals surface area contributed by atoms with Gasteiger partial charge in [-0.25, -0.2) is 4.67 Å². The van der Waals surface area contributed by atoms with Gasteiger partial charge >= 0.3 is 0 Å². The average molecular weight is 432 g/mol. The Balaban J connectivity index is 3.79. The lowest BCUT2D eigenvalue weighted by atomic mass is 10.3. The summed E-state index contributed by atoms with van der Waals surface area (Å²) in [5, 5.41) is 8.72. The van der Waals surface area contributed by atoms with Gasteiger partial charge < -0.3 is 28.0 Å². The molecule has 0 saturated carbocycles. The monoisotopic (exact) mass is 432 g/mol. The molecule has 168 valence electrons. The summed E-state index contributed by atoms with van der Waals surface area (Å²) >= 11 is 0. The van der Waals surface area contributed by atoms with E-state index in [0.29, 0.717) is 72.5 Å². The molecule has 0 aromatic rings. The quantitative estimate of drug-likeness (QED) is 0.165. The van der Waals surface area contributed by atoms with Crippen molar-refractivity contribution >= 4 is 8.53 Å². The zero-order chi connectivity index (χ0) is 21.7. The fourth-order valence-corrected chi connectivity index (χ4v) is 3.85. The number of hydrogen-bond acceptors (Lipinski definition) is 8. The van der Waals surface area contributed by atoms with E-state index in [-0.39, 0.29) is 12.1 Å². The molecule has 0 aliphatic rings. The Labute approximate surface area is 177 Å². The highest BCUT2D eigenvalue weighted by Crippen LogP contribution is 2.45. The zero-order valence-corrected chi connectivity index (χ0v) is 19.2. The topological polar surface area (TPSA) is 82.4 Å². The van der Waals surface area contributed by atoms with Crippen molar-refractivity contribution in [3.63, 3.8) is 0 Å². The molecule has 0 fully saturated rings. The van der Waals surface area contributed by atoms with Crippen molar-refractivity contribution in [1.29, 1.82) is 5.26 Å². The predicted molar refractivity (Wildman–Crippen MR) is 113 cm³/mol. The predicted octanol–water partition coefficient (Wildman–Crippen LogP) is 2.98. The van der Waals surface area contributed by atoms with Crippen molar-refractivity contribution in [1.82, 2.24) is 4.67 Å². The first kappa shape index (κ1) is 28.2. The van der Waals surface area contributed by atoms with Gasteiger partial charge in [0.15, 0.2) is 0 Å². The Hall–Kier alpha value is -0.800. The van der Waals surface area contributed by atoms with Crippen LogP contribution in [0.1, 0.15) is 34.1 Å². The van der Waals surface area contributed by atoms with Crippen LogP contribution in [0.5, 0.6) is 0 Å². The maximum atomic E-state index is 8.72. The lowest BCUT2D eigenvalue weighted by Gasteiger charge is -2.35. The van der Waals surface area contributed by atoms with E-state index >= 15 is 0 Å². The van der Waals surface area contributed by atoms with Crippen LogP contribution in [0.2, 0.25) is 0 Å². The molecule has 9 heteroatoms. The molecule has 29 heavy (non-hydrogen) atoms. The fourth-order valence-electron chi connectivity index (χ4n) is 2.28. The molecular weight excluding hydrogens is 395 g/mol. The molecule has 0 amide bonds. The van der Waals surface area contributed by atoms with Crippen LogP contribution in [0.25, 0.3) is 0 Å². The minimum atomic E-state index is -1.22. The minimum absolute atomic E-state index is 0.281. The molecule has 0 spiro atoms. The highest BCUT2D eigenvalue weighted by molar-refractivity contribution is 7.44. The van der Waals surface area contributed by atoms with Gasteiger partial charge in [0.05, 0.1) is 72.0 Å². The summed E-state index contributed by atoms with van der Waals surface area (Å²) in [4.78, 5) is 0. The number of terminal acetylenes is 1. The van der Waals surface area contributed by atoms with Crippen molar-refractivity contribution in [3.05, 3.63) is 0 Å². The Bertz CT molecular complexity index is 445. The van der Waals surface area contributed by atoms with E-state index in [4.69, 9.17) is 39.7 Å². The molecule has 0 radical (unpaired) electrons. The normalized spacial score (nSPS) is 12.4. The van der Waals surface area contributed by atoms with Crippen molar-refractivity contribution in [2.75, 3.05) is 66.1 Å². The second kappa shape index (κ2) is 20.5. The number of rotatable bonds is 20. The van der Waals surface area contributed by atoms with E-state index in [1.807, 2.05) is 0 Å². The van der Waals surface area contributed by atoms with Crippen LogP contribution in [-0.4, -0.2) is 82.8 Å². The van der Waals surface area contributed by atoms with Gasteiger partial charge in [-0.05, 0) is 27.7 Å². The Kier molecular flexibility index (Phi) is 19.9. The van der Waals surface area contributed by atoms with Gasteiger partial charge in [0.1, 0.15) is 6.61 Å². The van der Waals surface area contributed by atoms with Gasteiger partial charge in [-0.15, -0.1) is 6.42 Å². The molecule has 1 atom stereocenters. The van der Waals surface area contributed by atoms with E-state index in [1.54, 1.807) is 0 Å². The summed E-state index contributed by atoms with van der Waals surface area (Å²) in [6.45, 7) is 13.0. The van der Waals surface area contributed by atoms with Gasteiger partial charge in [-0.3, -0.25) is 0 Å². The van der Waals surface area contributed by atoms with Crippen molar-refractivity contribution in [2.45, 2.75) is 46.2 Å². The third kappa shape index (κ3) is 16.7. The van der Waals surface area contributed by atoms with Crippen molar-refractivity contribution in [2.24, 2.45) is 0 Å². The van der Waals surface area contributed by atoms with Crippen molar-refractivity contribution in [3.8, 4) is 18.4 Å². The molecule has 0 rings (SSSR count). The SMILES string of the molecule is C#CCOCCOCCOCCOCCOP(OCCC#N)N(C(C)C)C(C)C. The second-order valence-electron chi connectivity index (χ2n) is 6.47. The highest BCUT2D eigenvalue weighted by Gasteiger charge is 2.26. The van der Waals surface area contributed by atoms with Crippen LogP contribution in [0, 0.1) is 23.7 Å². The molecule has 0 saturated heterocycles. The molecule has 0 bridgehead atoms. The van der Waals surface area contributed by atoms with Crippen LogP contribution in [0.4, 0.5) is 0 Å². The van der Waals surface area contributed by atoms with Gasteiger partial charge in [-0.1, -0.05) is 5.92 Å². The van der Waals surface area contributed by atoms with Crippen LogP contribution in [0.3, 0.4) is 0 Å². The Morgan fingerprint density at radius 2 is 1.21 bits per heavy atom. The van der Waals surface area contributed by atoms with Crippen molar-refractivity contribution < 1.29 is 28.0 Å². The Morgan fingerprint density at radius 3 is 1.66 bits per heavy atom. The molecule has 0 aromatic heterocycles. The number of nitrogens with zero attached hydrogens (tertiary/aromatic N) is 2. The van der Waals surface area contributed by atoms with E-state index < -0.39 is 8.53 Å². The van der Waals surface area contributed by atoms with E-state index in [2.05, 4.69) is 44.4 Å². The van der Waals surface area contributed by atoms with E-state index in [9.17, 15) is 0 Å². The first-order valence-corrected chi connectivity index (χ1v) is 11.1. The number of ether oxygens (including phenoxy) is 4. The minimum Gasteiger partial charge on any atom is -0.377 e. The van der Waals surface area contributed by atoms with Crippen LogP contribution < -0.4 is 0 Å². The van der Waals surface area contributed by atoms with Gasteiger partial charge in [0.2, 0.25) is 0 Å². The van der Waals surface area contributed by atoms with Gasteiger partial charge in [-0.2, -0.15) is 5.26 Å². The standard InChI is InChI=1S/C20H37N2O6P/c1-6-9-23-11-12-24-13-14-25-15-16-26-17-18-28-29(27-10-7-8-21)22(19(2)3)20(4)5/h1,19-20H,7,9-18H2,2-5H3. The average Bonchev–Trinajstić information content (AvgIpc) is 2.67. The van der Waals surface area contributed by atoms with E-state index in [0.717, 1.165) is 0 Å². The molecule has 0 aromatic carbocycles. The van der Waals surface area contributed by atoms with Gasteiger partial charge in [0, 0.05) is 12.1 Å². The summed E-state index contributed by atoms with van der Waals surface area (Å²) in [5.41, 5.74) is 0. The molecule has 0 N–H and O–H groups in total. The zero-order valence-electron chi connectivity index (χ0n) is 18.3. The second-order valence-corrected chi connectivity index (χ2v) is 7.93. The summed E-state index contributed by atoms with van der Waals surface area (Å²) in [6, 6.07) is 2.65. The third-order valence-electron chi connectivity index (χ3n) is 3.39. The lowest BCUT2D eigenvalue weighted by Crippen LogP contribution is -2.34. The summed E-state index contributed by atoms with van der Waals surface area (Å²) < 4.78 is 35.3. The fraction of sp³-hybridized carbons (Fsp3) is 0.850. The third-order valence-corrected chi connectivity index (χ3v) is 5.50.